The number of nitrogens with zero attached hydrogens (tertiary/aromatic N) is 6. The number of aromatic hydroxyl groups is 1. The molecule has 5 rings (SSSR count). The van der Waals surface area contributed by atoms with Crippen LogP contribution in [0.4, 0.5) is 11.6 Å². The fourth-order valence-corrected chi connectivity index (χ4v) is 3.73. The average Bonchev–Trinajstić information content (AvgIpc) is 3.22. The van der Waals surface area contributed by atoms with Gasteiger partial charge in [0.2, 0.25) is 5.95 Å². The number of ether oxygens (including phenoxy) is 1. The maximum atomic E-state index is 10.9. The summed E-state index contributed by atoms with van der Waals surface area (Å²) in [6.45, 7) is 3.02. The molecule has 10 heteroatoms. The zero-order valence-electron chi connectivity index (χ0n) is 17.1. The Balaban J connectivity index is 1.60. The molecule has 1 fully saturated rings. The van der Waals surface area contributed by atoms with Crippen LogP contribution in [0.2, 0.25) is 0 Å². The normalized spacial score (nSPS) is 14.1. The van der Waals surface area contributed by atoms with Crippen molar-refractivity contribution in [2.45, 2.75) is 6.54 Å². The van der Waals surface area contributed by atoms with E-state index < -0.39 is 4.92 Å². The number of fused-ring (bicyclic) bond motifs is 1. The van der Waals surface area contributed by atoms with E-state index in [4.69, 9.17) is 14.7 Å². The van der Waals surface area contributed by atoms with Gasteiger partial charge in [0.05, 0.1) is 31.0 Å². The summed E-state index contributed by atoms with van der Waals surface area (Å²) in [5.74, 6) is 0.720. The number of hydrogen-bond acceptors (Lipinski definition) is 8. The third-order valence-corrected chi connectivity index (χ3v) is 5.37. The molecule has 162 valence electrons. The summed E-state index contributed by atoms with van der Waals surface area (Å²) in [4.78, 5) is 26.7. The summed E-state index contributed by atoms with van der Waals surface area (Å²) >= 11 is 0. The van der Waals surface area contributed by atoms with Crippen LogP contribution in [0.1, 0.15) is 5.56 Å². The second-order valence-electron chi connectivity index (χ2n) is 7.49. The SMILES string of the molecule is O=[N+]([O-])c1ccc(Cn2cnc3c(-c4cccc(O)c4)nc(N4CCOCC4)nc32)cc1. The van der Waals surface area contributed by atoms with Gasteiger partial charge in [0.15, 0.2) is 5.65 Å². The smallest absolute Gasteiger partial charge is 0.269 e. The molecule has 0 bridgehead atoms. The lowest BCUT2D eigenvalue weighted by atomic mass is 10.1. The predicted octanol–water partition coefficient (Wildman–Crippen LogP) is 2.99. The minimum absolute atomic E-state index is 0.0485. The van der Waals surface area contributed by atoms with Crippen LogP contribution in [-0.4, -0.2) is 55.9 Å². The van der Waals surface area contributed by atoms with Crippen molar-refractivity contribution in [3.63, 3.8) is 0 Å². The van der Waals surface area contributed by atoms with Crippen molar-refractivity contribution in [2.75, 3.05) is 31.2 Å². The Hall–Kier alpha value is -4.05. The fourth-order valence-electron chi connectivity index (χ4n) is 3.73. The molecule has 0 saturated carbocycles. The maximum absolute atomic E-state index is 10.9. The molecule has 0 aliphatic carbocycles. The highest BCUT2D eigenvalue weighted by Crippen LogP contribution is 2.30. The van der Waals surface area contributed by atoms with Crippen LogP contribution in [0.25, 0.3) is 22.4 Å². The topological polar surface area (TPSA) is 119 Å². The molecule has 4 aromatic rings. The molecular formula is C22H20N6O4. The van der Waals surface area contributed by atoms with Crippen LogP contribution in [0, 0.1) is 10.1 Å². The summed E-state index contributed by atoms with van der Waals surface area (Å²) in [5, 5.41) is 20.9. The van der Waals surface area contributed by atoms with Crippen molar-refractivity contribution >= 4 is 22.8 Å². The van der Waals surface area contributed by atoms with Crippen LogP contribution < -0.4 is 4.90 Å². The Morgan fingerprint density at radius 2 is 1.88 bits per heavy atom. The first-order chi connectivity index (χ1) is 15.6. The van der Waals surface area contributed by atoms with Crippen molar-refractivity contribution in [3.05, 3.63) is 70.5 Å². The Labute approximate surface area is 182 Å². The van der Waals surface area contributed by atoms with Gasteiger partial charge in [-0.05, 0) is 17.7 Å². The van der Waals surface area contributed by atoms with Gasteiger partial charge in [-0.1, -0.05) is 24.3 Å². The van der Waals surface area contributed by atoms with Gasteiger partial charge < -0.3 is 19.3 Å². The van der Waals surface area contributed by atoms with Crippen molar-refractivity contribution in [3.8, 4) is 17.0 Å². The molecule has 1 saturated heterocycles. The number of anilines is 1. The van der Waals surface area contributed by atoms with E-state index in [0.29, 0.717) is 55.7 Å². The van der Waals surface area contributed by atoms with Crippen molar-refractivity contribution in [1.82, 2.24) is 19.5 Å². The van der Waals surface area contributed by atoms with E-state index in [1.54, 1.807) is 36.7 Å². The molecule has 0 unspecified atom stereocenters. The highest BCUT2D eigenvalue weighted by molar-refractivity contribution is 5.88. The van der Waals surface area contributed by atoms with Crippen LogP contribution >= 0.6 is 0 Å². The Morgan fingerprint density at radius 1 is 1.09 bits per heavy atom. The Bertz CT molecular complexity index is 1280. The number of nitro groups is 1. The van der Waals surface area contributed by atoms with E-state index in [0.717, 1.165) is 11.1 Å². The van der Waals surface area contributed by atoms with Gasteiger partial charge in [-0.2, -0.15) is 4.98 Å². The summed E-state index contributed by atoms with van der Waals surface area (Å²) in [6, 6.07) is 13.3. The zero-order valence-corrected chi connectivity index (χ0v) is 17.1. The molecule has 10 nitrogen and oxygen atoms in total. The standard InChI is InChI=1S/C22H20N6O4/c29-18-3-1-2-16(12-18)19-20-21(25-22(24-19)26-8-10-32-11-9-26)27(14-23-20)13-15-4-6-17(7-5-15)28(30)31/h1-7,12,14,29H,8-11,13H2. The van der Waals surface area contributed by atoms with Crippen LogP contribution in [-0.2, 0) is 11.3 Å². The molecule has 1 N–H and O–H groups in total. The van der Waals surface area contributed by atoms with E-state index >= 15 is 0 Å². The molecule has 3 heterocycles. The van der Waals surface area contributed by atoms with Gasteiger partial charge in [-0.25, -0.2) is 9.97 Å². The number of phenols is 1. The quantitative estimate of drug-likeness (QED) is 0.378. The van der Waals surface area contributed by atoms with E-state index in [2.05, 4.69) is 9.88 Å². The molecule has 0 atom stereocenters. The minimum Gasteiger partial charge on any atom is -0.508 e. The number of nitro benzene ring substituents is 1. The van der Waals surface area contributed by atoms with Crippen LogP contribution in [0.5, 0.6) is 5.75 Å². The highest BCUT2D eigenvalue weighted by atomic mass is 16.6. The van der Waals surface area contributed by atoms with Crippen molar-refractivity contribution < 1.29 is 14.8 Å². The van der Waals surface area contributed by atoms with E-state index in [1.807, 2.05) is 10.6 Å². The second-order valence-corrected chi connectivity index (χ2v) is 7.49. The first-order valence-corrected chi connectivity index (χ1v) is 10.2. The van der Waals surface area contributed by atoms with E-state index in [1.165, 1.54) is 12.1 Å². The number of non-ortho nitro benzene ring substituents is 1. The molecule has 2 aromatic carbocycles. The lowest BCUT2D eigenvalue weighted by Crippen LogP contribution is -2.37. The minimum atomic E-state index is -0.417. The van der Waals surface area contributed by atoms with Gasteiger partial charge in [-0.3, -0.25) is 10.1 Å². The molecule has 0 spiro atoms. The lowest BCUT2D eigenvalue weighted by Gasteiger charge is -2.27. The Morgan fingerprint density at radius 3 is 2.59 bits per heavy atom. The van der Waals surface area contributed by atoms with Gasteiger partial charge in [-0.15, -0.1) is 0 Å². The summed E-state index contributed by atoms with van der Waals surface area (Å²) in [5.41, 5.74) is 3.59. The molecule has 32 heavy (non-hydrogen) atoms. The van der Waals surface area contributed by atoms with E-state index in [-0.39, 0.29) is 11.4 Å². The number of hydrogen-bond donors (Lipinski definition) is 1. The summed E-state index contributed by atoms with van der Waals surface area (Å²) in [6.07, 6.45) is 1.69. The molecule has 1 aliphatic heterocycles. The monoisotopic (exact) mass is 432 g/mol. The van der Waals surface area contributed by atoms with Gasteiger partial charge in [0.25, 0.3) is 5.69 Å². The maximum Gasteiger partial charge on any atom is 0.269 e. The van der Waals surface area contributed by atoms with Gasteiger partial charge >= 0.3 is 0 Å². The van der Waals surface area contributed by atoms with Crippen LogP contribution in [0.3, 0.4) is 0 Å². The highest BCUT2D eigenvalue weighted by Gasteiger charge is 2.20. The van der Waals surface area contributed by atoms with Crippen LogP contribution in [0.15, 0.2) is 54.9 Å². The predicted molar refractivity (Wildman–Crippen MR) is 118 cm³/mol. The molecule has 1 aliphatic rings. The van der Waals surface area contributed by atoms with E-state index in [9.17, 15) is 15.2 Å². The Kier molecular flexibility index (Phi) is 5.12. The van der Waals surface area contributed by atoms with Gasteiger partial charge in [0.1, 0.15) is 17.0 Å². The number of aromatic nitrogens is 4. The first kappa shape index (κ1) is 19.9. The van der Waals surface area contributed by atoms with Crippen molar-refractivity contribution in [2.24, 2.45) is 0 Å². The second kappa shape index (κ2) is 8.23. The summed E-state index contributed by atoms with van der Waals surface area (Å²) < 4.78 is 7.35. The summed E-state index contributed by atoms with van der Waals surface area (Å²) in [7, 11) is 0. The number of imidazole rings is 1. The molecule has 0 radical (unpaired) electrons. The first-order valence-electron chi connectivity index (χ1n) is 10.2. The van der Waals surface area contributed by atoms with Crippen molar-refractivity contribution in [1.29, 1.82) is 0 Å². The molecule has 2 aromatic heterocycles. The lowest BCUT2D eigenvalue weighted by molar-refractivity contribution is -0.384. The molecular weight excluding hydrogens is 412 g/mol. The van der Waals surface area contributed by atoms with Gasteiger partial charge in [0, 0.05) is 30.8 Å². The average molecular weight is 432 g/mol. The fraction of sp³-hybridized carbons (Fsp3) is 0.227. The zero-order chi connectivity index (χ0) is 22.1. The third-order valence-electron chi connectivity index (χ3n) is 5.37. The number of phenolic OH excluding ortho intramolecular Hbond substituents is 1. The third kappa shape index (κ3) is 3.83. The number of benzene rings is 2. The largest absolute Gasteiger partial charge is 0.508 e. The number of morpholine rings is 1. The molecule has 0 amide bonds. The number of rotatable bonds is 5.